The van der Waals surface area contributed by atoms with Crippen LogP contribution in [-0.4, -0.2) is 88.7 Å². The molecule has 10 unspecified atom stereocenters. The lowest BCUT2D eigenvalue weighted by Crippen LogP contribution is -2.63. The van der Waals surface area contributed by atoms with Gasteiger partial charge in [-0.15, -0.1) is 0 Å². The van der Waals surface area contributed by atoms with Crippen molar-refractivity contribution in [1.29, 1.82) is 10.8 Å². The highest BCUT2D eigenvalue weighted by Crippen LogP contribution is 2.69. The van der Waals surface area contributed by atoms with E-state index in [0.29, 0.717) is 75.0 Å². The fourth-order valence-corrected chi connectivity index (χ4v) is 12.1. The Kier molecular flexibility index (Phi) is 20.0. The van der Waals surface area contributed by atoms with Crippen LogP contribution in [0.2, 0.25) is 0 Å². The number of unbranched alkanes of at least 4 members (excludes halogenated alkanes) is 5. The van der Waals surface area contributed by atoms with Crippen molar-refractivity contribution in [2.45, 2.75) is 162 Å². The molecular formula is C44H86N10O3. The number of aliphatic imine (C=N–C) groups is 1. The van der Waals surface area contributed by atoms with Crippen LogP contribution in [0.15, 0.2) is 4.99 Å². The van der Waals surface area contributed by atoms with Gasteiger partial charge in [0.15, 0.2) is 17.9 Å². The minimum atomic E-state index is 0.0114. The molecule has 0 radical (unpaired) electrons. The molecule has 0 bridgehead atoms. The number of guanidine groups is 3. The summed E-state index contributed by atoms with van der Waals surface area (Å²) in [6.45, 7) is 16.2. The van der Waals surface area contributed by atoms with Crippen molar-refractivity contribution in [3.05, 3.63) is 0 Å². The van der Waals surface area contributed by atoms with Crippen LogP contribution < -0.4 is 38.9 Å². The summed E-state index contributed by atoms with van der Waals surface area (Å²) in [4.78, 5) is 4.27. The van der Waals surface area contributed by atoms with Gasteiger partial charge in [-0.25, -0.2) is 0 Å². The molecule has 57 heavy (non-hydrogen) atoms. The lowest BCUT2D eigenvalue weighted by Gasteiger charge is -2.65. The Morgan fingerprint density at radius 1 is 0.737 bits per heavy atom. The molecule has 13 heteroatoms. The summed E-state index contributed by atoms with van der Waals surface area (Å²) in [5, 5.41) is 24.7. The number of nitrogens with zero attached hydrogens (tertiary/aromatic N) is 1. The number of nitrogens with two attached hydrogens (primary N) is 4. The largest absolute Gasteiger partial charge is 0.378 e. The van der Waals surface area contributed by atoms with Crippen LogP contribution in [0.25, 0.3) is 0 Å². The molecule has 0 amide bonds. The molecule has 4 aliphatic rings. The van der Waals surface area contributed by atoms with Gasteiger partial charge in [0, 0.05) is 44.9 Å². The molecule has 13 nitrogen and oxygen atoms in total. The zero-order valence-corrected chi connectivity index (χ0v) is 36.6. The predicted molar refractivity (Wildman–Crippen MR) is 234 cm³/mol. The van der Waals surface area contributed by atoms with E-state index in [0.717, 1.165) is 64.5 Å². The van der Waals surface area contributed by atoms with Gasteiger partial charge >= 0.3 is 0 Å². The van der Waals surface area contributed by atoms with E-state index in [9.17, 15) is 0 Å². The average molecular weight is 803 g/mol. The van der Waals surface area contributed by atoms with Crippen molar-refractivity contribution >= 4 is 17.9 Å². The van der Waals surface area contributed by atoms with E-state index >= 15 is 0 Å². The van der Waals surface area contributed by atoms with Crippen molar-refractivity contribution in [3.8, 4) is 0 Å². The summed E-state index contributed by atoms with van der Waals surface area (Å²) in [5.74, 6) is 3.46. The Morgan fingerprint density at radius 2 is 1.40 bits per heavy atom. The SMILES string of the molecule is CCCCCCCCNCCCC(C)[C@H]1CCC2C3C(OCCCNC(=N)N)CC4CC(OCCCNC(=N)N)CCC4(C)C3CC(OCCCN=C(N)N)C21C. The highest BCUT2D eigenvalue weighted by atomic mass is 16.5. The topological polar surface area (TPSA) is 228 Å². The maximum Gasteiger partial charge on any atom is 0.185 e. The second-order valence-electron chi connectivity index (χ2n) is 18.7. The number of ether oxygens (including phenoxy) is 3. The van der Waals surface area contributed by atoms with E-state index in [-0.39, 0.29) is 47.0 Å². The van der Waals surface area contributed by atoms with Crippen LogP contribution in [0.3, 0.4) is 0 Å². The van der Waals surface area contributed by atoms with E-state index in [2.05, 4.69) is 48.6 Å². The van der Waals surface area contributed by atoms with Crippen LogP contribution in [0.4, 0.5) is 0 Å². The third-order valence-corrected chi connectivity index (χ3v) is 15.0. The maximum atomic E-state index is 7.61. The Morgan fingerprint density at radius 3 is 2.11 bits per heavy atom. The van der Waals surface area contributed by atoms with E-state index in [1.54, 1.807) is 0 Å². The molecule has 0 heterocycles. The summed E-state index contributed by atoms with van der Waals surface area (Å²) in [5.41, 5.74) is 22.7. The van der Waals surface area contributed by atoms with Gasteiger partial charge in [-0.3, -0.25) is 15.8 Å². The molecule has 4 rings (SSSR count). The first kappa shape index (κ1) is 47.3. The quantitative estimate of drug-likeness (QED) is 0.0276. The van der Waals surface area contributed by atoms with Crippen molar-refractivity contribution in [2.24, 2.45) is 74.3 Å². The van der Waals surface area contributed by atoms with Gasteiger partial charge in [0.1, 0.15) is 0 Å². The Balaban J connectivity index is 1.50. The Bertz CT molecular complexity index is 1220. The summed E-state index contributed by atoms with van der Waals surface area (Å²) in [6, 6.07) is 0. The monoisotopic (exact) mass is 803 g/mol. The zero-order valence-electron chi connectivity index (χ0n) is 36.6. The maximum absolute atomic E-state index is 7.61. The standard InChI is InChI=1S/C44H86N10O3/c1-5-6-7-8-9-10-20-51-21-11-15-31(2)34-16-17-35-39-36(30-38(44(34,35)4)57-27-14-24-54-42(49)50)43(3)19-18-33(55-25-12-22-52-40(45)46)28-32(43)29-37(39)56-26-13-23-53-41(47)48/h31-39,51H,5-30H2,1-4H3,(H4,45,46,52)(H4,47,48,53)(H4,49,50,54)/t31?,32?,33?,34-,35?,36?,37?,38?,39?,43?,44?/m1/s1. The first-order chi connectivity index (χ1) is 27.4. The number of rotatable bonds is 27. The Labute approximate surface area is 346 Å². The fraction of sp³-hybridized carbons (Fsp3) is 0.932. The van der Waals surface area contributed by atoms with Crippen LogP contribution in [-0.2, 0) is 14.2 Å². The van der Waals surface area contributed by atoms with Crippen LogP contribution in [0.5, 0.6) is 0 Å². The van der Waals surface area contributed by atoms with Gasteiger partial charge < -0.3 is 53.1 Å². The van der Waals surface area contributed by atoms with Gasteiger partial charge in [-0.05, 0) is 137 Å². The highest BCUT2D eigenvalue weighted by Gasteiger charge is 2.66. The van der Waals surface area contributed by atoms with Gasteiger partial charge in [-0.2, -0.15) is 0 Å². The molecule has 4 fully saturated rings. The Hall–Kier alpha value is -2.35. The number of fused-ring (bicyclic) bond motifs is 5. The smallest absolute Gasteiger partial charge is 0.185 e. The minimum absolute atomic E-state index is 0.0114. The lowest BCUT2D eigenvalue weighted by molar-refractivity contribution is -0.227. The molecule has 0 aliphatic heterocycles. The normalized spacial score (nSPS) is 32.4. The molecule has 4 saturated carbocycles. The van der Waals surface area contributed by atoms with Gasteiger partial charge in [0.05, 0.1) is 18.3 Å². The van der Waals surface area contributed by atoms with Crippen molar-refractivity contribution in [3.63, 3.8) is 0 Å². The molecule has 0 spiro atoms. The molecule has 0 aromatic heterocycles. The summed E-state index contributed by atoms with van der Waals surface area (Å²) < 4.78 is 20.7. The molecular weight excluding hydrogens is 717 g/mol. The van der Waals surface area contributed by atoms with E-state index in [1.165, 1.54) is 64.2 Å². The van der Waals surface area contributed by atoms with Crippen molar-refractivity contribution < 1.29 is 14.2 Å². The first-order valence-electron chi connectivity index (χ1n) is 23.2. The second kappa shape index (κ2) is 24.0. The van der Waals surface area contributed by atoms with Gasteiger partial charge in [-0.1, -0.05) is 59.8 Å². The van der Waals surface area contributed by atoms with E-state index < -0.39 is 0 Å². The van der Waals surface area contributed by atoms with Crippen LogP contribution >= 0.6 is 0 Å². The molecule has 4 aliphatic carbocycles. The summed E-state index contributed by atoms with van der Waals surface area (Å²) in [6.07, 6.45) is 21.6. The van der Waals surface area contributed by atoms with E-state index in [4.69, 9.17) is 48.0 Å². The average Bonchev–Trinajstić information content (AvgIpc) is 3.53. The van der Waals surface area contributed by atoms with Gasteiger partial charge in [0.2, 0.25) is 0 Å². The van der Waals surface area contributed by atoms with E-state index in [1.807, 2.05) is 0 Å². The molecule has 11 atom stereocenters. The van der Waals surface area contributed by atoms with Crippen molar-refractivity contribution in [1.82, 2.24) is 16.0 Å². The molecule has 0 aromatic rings. The summed E-state index contributed by atoms with van der Waals surface area (Å²) in [7, 11) is 0. The number of hydrogen-bond acceptors (Lipinski definition) is 7. The van der Waals surface area contributed by atoms with Crippen molar-refractivity contribution in [2.75, 3.05) is 52.5 Å². The highest BCUT2D eigenvalue weighted by molar-refractivity contribution is 5.75. The molecule has 13 N–H and O–H groups in total. The molecule has 0 saturated heterocycles. The lowest BCUT2D eigenvalue weighted by atomic mass is 9.43. The predicted octanol–water partition coefficient (Wildman–Crippen LogP) is 5.80. The fourth-order valence-electron chi connectivity index (χ4n) is 12.1. The number of hydrogen-bond donors (Lipinski definition) is 9. The minimum Gasteiger partial charge on any atom is -0.378 e. The van der Waals surface area contributed by atoms with Gasteiger partial charge in [0.25, 0.3) is 0 Å². The molecule has 330 valence electrons. The third-order valence-electron chi connectivity index (χ3n) is 15.0. The van der Waals surface area contributed by atoms with Crippen LogP contribution in [0, 0.1) is 57.2 Å². The molecule has 0 aromatic carbocycles. The first-order valence-corrected chi connectivity index (χ1v) is 23.2. The second-order valence-corrected chi connectivity index (χ2v) is 18.7. The van der Waals surface area contributed by atoms with Crippen LogP contribution in [0.1, 0.15) is 143 Å². The number of nitrogens with one attached hydrogen (secondary N) is 5. The third kappa shape index (κ3) is 13.6. The summed E-state index contributed by atoms with van der Waals surface area (Å²) >= 11 is 0. The zero-order chi connectivity index (χ0) is 41.3.